The number of hydrogen-bond donors (Lipinski definition) is 0. The summed E-state index contributed by atoms with van der Waals surface area (Å²) >= 11 is 0. The molecule has 0 aromatic heterocycles. The highest BCUT2D eigenvalue weighted by molar-refractivity contribution is 5.96. The fraction of sp³-hybridized carbons (Fsp3) is 0.200. The molecule has 2 unspecified atom stereocenters. The zero-order valence-corrected chi connectivity index (χ0v) is 12.7. The van der Waals surface area contributed by atoms with Crippen LogP contribution in [0.25, 0.3) is 11.1 Å². The second kappa shape index (κ2) is 7.05. The molecule has 2 atom stereocenters. The van der Waals surface area contributed by atoms with Crippen molar-refractivity contribution in [3.8, 4) is 11.1 Å². The van der Waals surface area contributed by atoms with Crippen LogP contribution in [0.5, 0.6) is 0 Å². The molecule has 1 heterocycles. The molecule has 0 radical (unpaired) electrons. The van der Waals surface area contributed by atoms with Crippen molar-refractivity contribution in [3.63, 3.8) is 0 Å². The van der Waals surface area contributed by atoms with E-state index < -0.39 is 0 Å². The highest BCUT2D eigenvalue weighted by Crippen LogP contribution is 2.32. The van der Waals surface area contributed by atoms with E-state index in [1.807, 2.05) is 24.3 Å². The third-order valence-corrected chi connectivity index (χ3v) is 4.12. The predicted molar refractivity (Wildman–Crippen MR) is 88.3 cm³/mol. The van der Waals surface area contributed by atoms with Crippen LogP contribution < -0.4 is 0 Å². The first kappa shape index (κ1) is 15.2. The van der Waals surface area contributed by atoms with E-state index in [2.05, 4.69) is 53.3 Å². The van der Waals surface area contributed by atoms with E-state index in [1.54, 1.807) is 0 Å². The van der Waals surface area contributed by atoms with Gasteiger partial charge in [-0.25, -0.2) is 0 Å². The number of cyclic esters (lactones) is 2. The van der Waals surface area contributed by atoms with Crippen LogP contribution in [0.15, 0.2) is 72.8 Å². The van der Waals surface area contributed by atoms with E-state index in [-0.39, 0.29) is 23.8 Å². The first-order valence-corrected chi connectivity index (χ1v) is 7.76. The van der Waals surface area contributed by atoms with Gasteiger partial charge >= 0.3 is 11.9 Å². The number of carbonyl (C=O) groups excluding carboxylic acids is 2. The first-order chi connectivity index (χ1) is 11.3. The van der Waals surface area contributed by atoms with Gasteiger partial charge in [0.05, 0.1) is 11.8 Å². The van der Waals surface area contributed by atoms with Crippen LogP contribution in [0.2, 0.25) is 0 Å². The second-order valence-corrected chi connectivity index (χ2v) is 5.63. The van der Waals surface area contributed by atoms with Crippen molar-refractivity contribution >= 4 is 11.9 Å². The van der Waals surface area contributed by atoms with Crippen molar-refractivity contribution in [2.75, 3.05) is 0 Å². The van der Waals surface area contributed by atoms with Crippen molar-refractivity contribution in [1.29, 1.82) is 0 Å². The maximum Gasteiger partial charge on any atom is 0.317 e. The summed E-state index contributed by atoms with van der Waals surface area (Å²) in [5.74, 6) is -1.06. The maximum absolute atomic E-state index is 10.9. The fourth-order valence-electron chi connectivity index (χ4n) is 2.85. The fourth-order valence-corrected chi connectivity index (χ4v) is 2.85. The number of esters is 2. The summed E-state index contributed by atoms with van der Waals surface area (Å²) < 4.78 is 4.49. The van der Waals surface area contributed by atoms with Gasteiger partial charge < -0.3 is 4.74 Å². The lowest BCUT2D eigenvalue weighted by molar-refractivity contribution is -0.153. The molecular formula is C20H18O3. The van der Waals surface area contributed by atoms with Gasteiger partial charge in [-0.05, 0) is 24.0 Å². The SMILES string of the molecule is O=C1OC(=O)C2CC=CCC12.c1ccc(-c2ccccc2)cc1. The lowest BCUT2D eigenvalue weighted by Crippen LogP contribution is -2.18. The minimum absolute atomic E-state index is 0.188. The summed E-state index contributed by atoms with van der Waals surface area (Å²) in [5, 5.41) is 0. The summed E-state index contributed by atoms with van der Waals surface area (Å²) in [6, 6.07) is 20.8. The lowest BCUT2D eigenvalue weighted by atomic mass is 9.85. The van der Waals surface area contributed by atoms with Gasteiger partial charge in [-0.2, -0.15) is 0 Å². The molecule has 0 bridgehead atoms. The van der Waals surface area contributed by atoms with Gasteiger partial charge in [-0.1, -0.05) is 72.8 Å². The maximum atomic E-state index is 10.9. The van der Waals surface area contributed by atoms with Gasteiger partial charge in [0, 0.05) is 0 Å². The Hall–Kier alpha value is -2.68. The molecule has 0 saturated carbocycles. The smallest absolute Gasteiger partial charge is 0.317 e. The molecule has 0 N–H and O–H groups in total. The number of hydrogen-bond acceptors (Lipinski definition) is 3. The van der Waals surface area contributed by atoms with E-state index in [0.717, 1.165) is 0 Å². The third-order valence-electron chi connectivity index (χ3n) is 4.12. The van der Waals surface area contributed by atoms with E-state index in [0.29, 0.717) is 12.8 Å². The molecule has 4 rings (SSSR count). The summed E-state index contributed by atoms with van der Waals surface area (Å²) in [6.07, 6.45) is 5.19. The Kier molecular flexibility index (Phi) is 4.67. The van der Waals surface area contributed by atoms with Crippen molar-refractivity contribution in [2.45, 2.75) is 12.8 Å². The van der Waals surface area contributed by atoms with Crippen LogP contribution in [-0.2, 0) is 14.3 Å². The Balaban J connectivity index is 0.000000136. The molecule has 2 aliphatic rings. The summed E-state index contributed by atoms with van der Waals surface area (Å²) in [6.45, 7) is 0. The van der Waals surface area contributed by atoms with Crippen LogP contribution >= 0.6 is 0 Å². The Labute approximate surface area is 135 Å². The monoisotopic (exact) mass is 306 g/mol. The summed E-state index contributed by atoms with van der Waals surface area (Å²) in [7, 11) is 0. The predicted octanol–water partition coefficient (Wildman–Crippen LogP) is 4.01. The molecule has 116 valence electrons. The molecule has 3 nitrogen and oxygen atoms in total. The van der Waals surface area contributed by atoms with Crippen LogP contribution in [0.3, 0.4) is 0 Å². The number of carbonyl (C=O) groups is 2. The largest absolute Gasteiger partial charge is 0.393 e. The van der Waals surface area contributed by atoms with Crippen molar-refractivity contribution in [1.82, 2.24) is 0 Å². The molecule has 23 heavy (non-hydrogen) atoms. The Morgan fingerprint density at radius 2 is 1.04 bits per heavy atom. The average molecular weight is 306 g/mol. The van der Waals surface area contributed by atoms with Crippen LogP contribution in [0, 0.1) is 11.8 Å². The van der Waals surface area contributed by atoms with Gasteiger partial charge in [0.2, 0.25) is 0 Å². The minimum atomic E-state index is -0.343. The molecule has 0 amide bonds. The number of ether oxygens (including phenoxy) is 1. The van der Waals surface area contributed by atoms with Gasteiger partial charge in [-0.3, -0.25) is 9.59 Å². The lowest BCUT2D eigenvalue weighted by Gasteiger charge is -2.12. The average Bonchev–Trinajstić information content (AvgIpc) is 2.92. The topological polar surface area (TPSA) is 43.4 Å². The van der Waals surface area contributed by atoms with E-state index in [4.69, 9.17) is 0 Å². The number of rotatable bonds is 1. The van der Waals surface area contributed by atoms with Gasteiger partial charge in [0.25, 0.3) is 0 Å². The van der Waals surface area contributed by atoms with Crippen LogP contribution in [0.4, 0.5) is 0 Å². The second-order valence-electron chi connectivity index (χ2n) is 5.63. The van der Waals surface area contributed by atoms with E-state index in [9.17, 15) is 9.59 Å². The quantitative estimate of drug-likeness (QED) is 0.454. The third kappa shape index (κ3) is 3.57. The van der Waals surface area contributed by atoms with Gasteiger partial charge in [-0.15, -0.1) is 0 Å². The minimum Gasteiger partial charge on any atom is -0.393 e. The highest BCUT2D eigenvalue weighted by Gasteiger charge is 2.43. The van der Waals surface area contributed by atoms with Crippen molar-refractivity contribution < 1.29 is 14.3 Å². The summed E-state index contributed by atoms with van der Waals surface area (Å²) in [5.41, 5.74) is 2.55. The molecule has 0 spiro atoms. The Bertz CT molecular complexity index is 643. The van der Waals surface area contributed by atoms with Crippen LogP contribution in [0.1, 0.15) is 12.8 Å². The Morgan fingerprint density at radius 1 is 0.652 bits per heavy atom. The molecule has 1 fully saturated rings. The zero-order valence-electron chi connectivity index (χ0n) is 12.7. The van der Waals surface area contributed by atoms with Crippen molar-refractivity contribution in [2.24, 2.45) is 11.8 Å². The van der Waals surface area contributed by atoms with E-state index >= 15 is 0 Å². The molecule has 3 heteroatoms. The molecule has 2 aromatic rings. The summed E-state index contributed by atoms with van der Waals surface area (Å²) in [4.78, 5) is 21.9. The zero-order chi connectivity index (χ0) is 16.1. The number of benzene rings is 2. The highest BCUT2D eigenvalue weighted by atomic mass is 16.6. The van der Waals surface area contributed by atoms with Gasteiger partial charge in [0.15, 0.2) is 0 Å². The normalized spacial score (nSPS) is 21.9. The standard InChI is InChI=1S/C12H10.C8H8O3/c1-3-7-11(8-4-1)12-9-5-2-6-10-12;9-7-5-3-1-2-4-6(5)8(10)11-7/h1-10H;1-2,5-6H,3-4H2. The molecular weight excluding hydrogens is 288 g/mol. The Morgan fingerprint density at radius 3 is 1.43 bits per heavy atom. The molecule has 1 saturated heterocycles. The van der Waals surface area contributed by atoms with Gasteiger partial charge in [0.1, 0.15) is 0 Å². The molecule has 2 aromatic carbocycles. The molecule has 1 aliphatic heterocycles. The first-order valence-electron chi connectivity index (χ1n) is 7.76. The van der Waals surface area contributed by atoms with E-state index in [1.165, 1.54) is 11.1 Å². The number of fused-ring (bicyclic) bond motifs is 1. The van der Waals surface area contributed by atoms with Crippen molar-refractivity contribution in [3.05, 3.63) is 72.8 Å². The number of allylic oxidation sites excluding steroid dienone is 2. The molecule has 1 aliphatic carbocycles. The van der Waals surface area contributed by atoms with Crippen LogP contribution in [-0.4, -0.2) is 11.9 Å².